The second-order valence-electron chi connectivity index (χ2n) is 9.13. The minimum Gasteiger partial charge on any atom is -0.342 e. The number of carbonyl (C=O) groups excluding carboxylic acids is 1. The molecule has 3 saturated heterocycles. The summed E-state index contributed by atoms with van der Waals surface area (Å²) in [5.41, 5.74) is 2.88. The molecule has 0 spiro atoms. The van der Waals surface area contributed by atoms with Crippen LogP contribution in [0.25, 0.3) is 0 Å². The molecular weight excluding hydrogens is 346 g/mol. The monoisotopic (exact) mass is 383 g/mol. The first-order chi connectivity index (χ1) is 13.7. The van der Waals surface area contributed by atoms with Gasteiger partial charge in [0.1, 0.15) is 0 Å². The van der Waals surface area contributed by atoms with E-state index in [4.69, 9.17) is 0 Å². The Bertz CT molecular complexity index is 639. The number of carbonyl (C=O) groups is 1. The highest BCUT2D eigenvalue weighted by atomic mass is 16.2. The van der Waals surface area contributed by atoms with Gasteiger partial charge in [-0.2, -0.15) is 0 Å². The second-order valence-corrected chi connectivity index (χ2v) is 9.13. The zero-order valence-corrected chi connectivity index (χ0v) is 17.6. The van der Waals surface area contributed by atoms with Crippen molar-refractivity contribution in [3.8, 4) is 0 Å². The standard InChI is InChI=1S/C24H37N3O/c1-20-7-3-4-8-22(20)19-25-15-11-23(12-16-25)26-17-9-21(10-18-26)24(28)27-13-5-2-6-14-27/h3-4,7-8,21,23H,2,5-6,9-19H2,1H3. The fourth-order valence-corrected chi connectivity index (χ4v) is 5.36. The van der Waals surface area contributed by atoms with Crippen molar-refractivity contribution in [1.82, 2.24) is 14.7 Å². The van der Waals surface area contributed by atoms with Gasteiger partial charge in [0.05, 0.1) is 0 Å². The molecule has 4 nitrogen and oxygen atoms in total. The van der Waals surface area contributed by atoms with E-state index in [9.17, 15) is 4.79 Å². The average Bonchev–Trinajstić information content (AvgIpc) is 2.76. The summed E-state index contributed by atoms with van der Waals surface area (Å²) < 4.78 is 0. The predicted octanol–water partition coefficient (Wildman–Crippen LogP) is 3.68. The van der Waals surface area contributed by atoms with E-state index in [2.05, 4.69) is 45.9 Å². The number of hydrogen-bond donors (Lipinski definition) is 0. The highest BCUT2D eigenvalue weighted by Crippen LogP contribution is 2.26. The number of amides is 1. The van der Waals surface area contributed by atoms with Crippen molar-refractivity contribution in [2.75, 3.05) is 39.3 Å². The van der Waals surface area contributed by atoms with Crippen molar-refractivity contribution in [1.29, 1.82) is 0 Å². The van der Waals surface area contributed by atoms with Gasteiger partial charge in [0, 0.05) is 31.6 Å². The van der Waals surface area contributed by atoms with Crippen LogP contribution in [0.15, 0.2) is 24.3 Å². The topological polar surface area (TPSA) is 26.8 Å². The lowest BCUT2D eigenvalue weighted by Crippen LogP contribution is -2.49. The molecule has 154 valence electrons. The van der Waals surface area contributed by atoms with Gasteiger partial charge in [0.2, 0.25) is 5.91 Å². The van der Waals surface area contributed by atoms with Crippen molar-refractivity contribution in [3.05, 3.63) is 35.4 Å². The Morgan fingerprint density at radius 3 is 2.25 bits per heavy atom. The zero-order valence-electron chi connectivity index (χ0n) is 17.6. The quantitative estimate of drug-likeness (QED) is 0.793. The molecule has 3 aliphatic heterocycles. The zero-order chi connectivity index (χ0) is 19.3. The van der Waals surface area contributed by atoms with Crippen LogP contribution in [0.5, 0.6) is 0 Å². The van der Waals surface area contributed by atoms with Gasteiger partial charge in [0.25, 0.3) is 0 Å². The van der Waals surface area contributed by atoms with Crippen molar-refractivity contribution in [3.63, 3.8) is 0 Å². The summed E-state index contributed by atoms with van der Waals surface area (Å²) in [4.78, 5) is 20.2. The highest BCUT2D eigenvalue weighted by Gasteiger charge is 2.32. The molecule has 0 bridgehead atoms. The third-order valence-corrected chi connectivity index (χ3v) is 7.28. The SMILES string of the molecule is Cc1ccccc1CN1CCC(N2CCC(C(=O)N3CCCCC3)CC2)CC1. The molecule has 0 unspecified atom stereocenters. The Labute approximate surface area is 170 Å². The summed E-state index contributed by atoms with van der Waals surface area (Å²) in [5.74, 6) is 0.739. The normalized spacial score (nSPS) is 23.8. The lowest BCUT2D eigenvalue weighted by molar-refractivity contribution is -0.138. The summed E-state index contributed by atoms with van der Waals surface area (Å²) in [6.45, 7) is 9.94. The van der Waals surface area contributed by atoms with Crippen molar-refractivity contribution in [2.45, 2.75) is 64.5 Å². The molecule has 0 saturated carbocycles. The molecule has 4 rings (SSSR count). The maximum Gasteiger partial charge on any atom is 0.225 e. The van der Waals surface area contributed by atoms with Gasteiger partial charge >= 0.3 is 0 Å². The Morgan fingerprint density at radius 1 is 0.893 bits per heavy atom. The Balaban J connectivity index is 1.21. The van der Waals surface area contributed by atoms with E-state index in [0.29, 0.717) is 5.91 Å². The molecular formula is C24H37N3O. The Hall–Kier alpha value is -1.39. The minimum atomic E-state index is 0.287. The van der Waals surface area contributed by atoms with Crippen molar-refractivity contribution in [2.24, 2.45) is 5.92 Å². The maximum atomic E-state index is 12.8. The van der Waals surface area contributed by atoms with Crippen LogP contribution in [0, 0.1) is 12.8 Å². The molecule has 3 fully saturated rings. The van der Waals surface area contributed by atoms with Gasteiger partial charge in [-0.15, -0.1) is 0 Å². The van der Waals surface area contributed by atoms with Crippen LogP contribution in [-0.4, -0.2) is 65.9 Å². The fourth-order valence-electron chi connectivity index (χ4n) is 5.36. The van der Waals surface area contributed by atoms with Gasteiger partial charge in [-0.1, -0.05) is 24.3 Å². The first-order valence-corrected chi connectivity index (χ1v) is 11.5. The van der Waals surface area contributed by atoms with E-state index in [0.717, 1.165) is 51.6 Å². The number of benzene rings is 1. The predicted molar refractivity (Wildman–Crippen MR) is 114 cm³/mol. The molecule has 28 heavy (non-hydrogen) atoms. The van der Waals surface area contributed by atoms with Crippen molar-refractivity contribution < 1.29 is 4.79 Å². The van der Waals surface area contributed by atoms with Gasteiger partial charge in [-0.3, -0.25) is 9.69 Å². The number of rotatable bonds is 4. The van der Waals surface area contributed by atoms with Crippen molar-refractivity contribution >= 4 is 5.91 Å². The summed E-state index contributed by atoms with van der Waals surface area (Å²) in [5, 5.41) is 0. The number of likely N-dealkylation sites (tertiary alicyclic amines) is 3. The first kappa shape index (κ1) is 19.9. The van der Waals surface area contributed by atoms with Gasteiger partial charge in [0.15, 0.2) is 0 Å². The number of hydrogen-bond acceptors (Lipinski definition) is 3. The molecule has 4 heteroatoms. The van der Waals surface area contributed by atoms with Crippen LogP contribution in [0.2, 0.25) is 0 Å². The summed E-state index contributed by atoms with van der Waals surface area (Å²) in [6, 6.07) is 9.50. The largest absolute Gasteiger partial charge is 0.342 e. The molecule has 3 heterocycles. The average molecular weight is 384 g/mol. The number of nitrogens with zero attached hydrogens (tertiary/aromatic N) is 3. The summed E-state index contributed by atoms with van der Waals surface area (Å²) >= 11 is 0. The van der Waals surface area contributed by atoms with Crippen LogP contribution >= 0.6 is 0 Å². The summed E-state index contributed by atoms with van der Waals surface area (Å²) in [6.07, 6.45) is 8.38. The number of aryl methyl sites for hydroxylation is 1. The maximum absolute atomic E-state index is 12.8. The highest BCUT2D eigenvalue weighted by molar-refractivity contribution is 5.79. The van der Waals surface area contributed by atoms with E-state index >= 15 is 0 Å². The lowest BCUT2D eigenvalue weighted by atomic mass is 9.91. The van der Waals surface area contributed by atoms with Crippen LogP contribution in [0.3, 0.4) is 0 Å². The smallest absolute Gasteiger partial charge is 0.225 e. The molecule has 0 aromatic heterocycles. The van der Waals surface area contributed by atoms with Gasteiger partial charge < -0.3 is 9.80 Å². The van der Waals surface area contributed by atoms with Crippen LogP contribution in [0.1, 0.15) is 56.1 Å². The minimum absolute atomic E-state index is 0.287. The lowest BCUT2D eigenvalue weighted by Gasteiger charge is -2.42. The first-order valence-electron chi connectivity index (χ1n) is 11.5. The van der Waals surface area contributed by atoms with E-state index in [-0.39, 0.29) is 5.92 Å². The van der Waals surface area contributed by atoms with E-state index in [1.165, 1.54) is 56.3 Å². The second kappa shape index (κ2) is 9.41. The van der Waals surface area contributed by atoms with Crippen LogP contribution < -0.4 is 0 Å². The molecule has 0 aliphatic carbocycles. The summed E-state index contributed by atoms with van der Waals surface area (Å²) in [7, 11) is 0. The molecule has 0 atom stereocenters. The molecule has 1 aromatic carbocycles. The molecule has 0 radical (unpaired) electrons. The van der Waals surface area contributed by atoms with Crippen LogP contribution in [-0.2, 0) is 11.3 Å². The van der Waals surface area contributed by atoms with Gasteiger partial charge in [-0.25, -0.2) is 0 Å². The van der Waals surface area contributed by atoms with E-state index < -0.39 is 0 Å². The Morgan fingerprint density at radius 2 is 1.57 bits per heavy atom. The van der Waals surface area contributed by atoms with Crippen LogP contribution in [0.4, 0.5) is 0 Å². The Kier molecular flexibility index (Phi) is 6.69. The van der Waals surface area contributed by atoms with E-state index in [1.54, 1.807) is 0 Å². The molecule has 3 aliphatic rings. The fraction of sp³-hybridized carbons (Fsp3) is 0.708. The third-order valence-electron chi connectivity index (χ3n) is 7.28. The number of piperidine rings is 3. The third kappa shape index (κ3) is 4.77. The molecule has 0 N–H and O–H groups in total. The van der Waals surface area contributed by atoms with E-state index in [1.807, 2.05) is 0 Å². The molecule has 1 aromatic rings. The van der Waals surface area contributed by atoms with Gasteiger partial charge in [-0.05, 0) is 89.2 Å². The molecule has 1 amide bonds.